The molecule has 8 aromatic rings. The molecule has 126 heavy (non-hydrogen) atoms. The molecule has 1 saturated carbocycles. The number of benzene rings is 4. The second-order valence-electron chi connectivity index (χ2n) is 31.4. The van der Waals surface area contributed by atoms with Crippen molar-refractivity contribution in [2.24, 2.45) is 10.8 Å². The maximum Gasteiger partial charge on any atom is 0.514 e. The van der Waals surface area contributed by atoms with Crippen molar-refractivity contribution in [3.05, 3.63) is 239 Å². The fourth-order valence-electron chi connectivity index (χ4n) is 11.7. The van der Waals surface area contributed by atoms with Gasteiger partial charge in [0.25, 0.3) is 20.3 Å². The van der Waals surface area contributed by atoms with Crippen LogP contribution >= 0.6 is 60.8 Å². The molecule has 682 valence electrons. The summed E-state index contributed by atoms with van der Waals surface area (Å²) in [5.41, 5.74) is 0.493. The van der Waals surface area contributed by atoms with Gasteiger partial charge in [-0.2, -0.15) is 0 Å². The molecule has 0 bridgehead atoms. The van der Waals surface area contributed by atoms with Crippen LogP contribution in [-0.2, 0) is 113 Å². The number of rotatable bonds is 18. The molecule has 5 fully saturated rings. The monoisotopic (exact) mass is 1910 g/mol. The van der Waals surface area contributed by atoms with Gasteiger partial charge < -0.3 is 88.2 Å². The Morgan fingerprint density at radius 3 is 1.07 bits per heavy atom. The van der Waals surface area contributed by atoms with E-state index in [0.717, 1.165) is 19.3 Å². The first-order valence-corrected chi connectivity index (χ1v) is 50.2. The van der Waals surface area contributed by atoms with E-state index in [4.69, 9.17) is 59.9 Å². The van der Waals surface area contributed by atoms with Crippen LogP contribution in [0.3, 0.4) is 0 Å². The number of para-hydroxylation sites is 1. The lowest BCUT2D eigenvalue weighted by Gasteiger charge is -2.41. The maximum absolute atomic E-state index is 13.0. The number of carbonyl (C=O) groups is 4. The SMILES string of the molecule is CC(C)(C)C(=O)Oc1ccccc1C1OP(=O)(O)C(O)(Cc2cccnc2)P(=O)(O)O1.CC(C)(C)CC(=O)Oc1ccc(C2OP(=O)(O)C(O)(Cc3cccnc3)P(=O)(O)O2)cc1.CN(C)C(=O)Oc1ccc(C2OP(=O)(O)C(O)(Cc3cccnc3)P(=O)(O)O2)cc1.Cc1ccc(OC(=O)OC2CCC2)c(C2OP(=O)(O)C(O)(Cc3cccnc3)P(=O)(O)O2)c1. The van der Waals surface area contributed by atoms with Crippen molar-refractivity contribution >= 4 is 85.0 Å². The van der Waals surface area contributed by atoms with E-state index in [9.17, 15) is 115 Å². The topological polar surface area (TPSA) is 622 Å². The summed E-state index contributed by atoms with van der Waals surface area (Å²) in [5, 5.41) is 30.6. The molecule has 12 N–H and O–H groups in total. The Morgan fingerprint density at radius 1 is 0.421 bits per heavy atom. The number of ether oxygens (including phenoxy) is 5. The van der Waals surface area contributed by atoms with Crippen LogP contribution in [0, 0.1) is 17.8 Å². The van der Waals surface area contributed by atoms with Gasteiger partial charge in [-0.3, -0.25) is 102 Å². The third-order valence-electron chi connectivity index (χ3n) is 18.9. The lowest BCUT2D eigenvalue weighted by atomic mass is 9.92. The van der Waals surface area contributed by atoms with Crippen molar-refractivity contribution in [3.63, 3.8) is 0 Å². The van der Waals surface area contributed by atoms with E-state index in [1.54, 1.807) is 33.8 Å². The lowest BCUT2D eigenvalue weighted by molar-refractivity contribution is -0.143. The Morgan fingerprint density at radius 2 is 0.754 bits per heavy atom. The van der Waals surface area contributed by atoms with Gasteiger partial charge in [0.1, 0.15) is 29.1 Å². The fraction of sp³-hybridized carbons (Fsp3) is 0.368. The summed E-state index contributed by atoms with van der Waals surface area (Å²) in [6, 6.07) is 32.8. The van der Waals surface area contributed by atoms with E-state index in [2.05, 4.69) is 19.9 Å². The summed E-state index contributed by atoms with van der Waals surface area (Å²) in [5.74, 6) is -0.886. The number of aromatic nitrogens is 4. The van der Waals surface area contributed by atoms with E-state index >= 15 is 0 Å². The van der Waals surface area contributed by atoms with Crippen molar-refractivity contribution in [2.75, 3.05) is 14.1 Å². The largest absolute Gasteiger partial charge is 0.514 e. The number of nitrogens with zero attached hydrogens (tertiary/aromatic N) is 5. The molecule has 0 spiro atoms. The van der Waals surface area contributed by atoms with Crippen molar-refractivity contribution in [2.45, 2.75) is 151 Å². The van der Waals surface area contributed by atoms with Crippen molar-refractivity contribution < 1.29 is 175 Å². The summed E-state index contributed by atoms with van der Waals surface area (Å²) in [6.07, 6.45) is 1.65. The zero-order valence-electron chi connectivity index (χ0n) is 68.3. The maximum atomic E-state index is 13.0. The first-order chi connectivity index (χ1) is 58.4. The van der Waals surface area contributed by atoms with Crippen LogP contribution in [0.25, 0.3) is 0 Å². The third-order valence-corrected chi connectivity index (χ3v) is 37.3. The zero-order chi connectivity index (χ0) is 92.9. The molecule has 50 heteroatoms. The highest BCUT2D eigenvalue weighted by Gasteiger charge is 2.71. The van der Waals surface area contributed by atoms with Gasteiger partial charge in [0, 0.05) is 100 Å². The average Bonchev–Trinajstić information content (AvgIpc) is 0.741. The number of hydrogen-bond acceptors (Lipinski definition) is 33. The number of aliphatic hydroxyl groups is 4. The van der Waals surface area contributed by atoms with E-state index in [1.807, 2.05) is 20.8 Å². The molecule has 13 rings (SSSR count). The standard InChI is InChI=1S/C20H23NO10P2.C20H25NO9P2.C19H23NO9P2.C17H20N2O9P2/c1-13-7-8-17(29-19(22)28-15-5-2-6-15)16(10-13)18-30-32(24,25)20(23,33(26,27)31-18)11-14-4-3-9-21-12-14;1-19(2,3)12-17(22)28-16-8-6-15(7-9-16)18-29-31(24,25)20(23,32(26,27)30-18)11-14-5-4-10-21-13-14;1-18(2,3)17(21)27-15-9-5-4-8-14(15)16-28-30(23,24)19(22,31(25,26)29-16)11-13-7-6-10-20-12-13;1-19(2)16(20)26-14-7-5-13(6-8-14)15-27-29(22,23)17(21,30(24,25)28-15)10-12-4-3-9-18-11-12/h3-4,7-10,12,15,18,23H,2,5-6,11H2,1H3,(H,24,25)(H,26,27);4-10,13,18,23H,11-12H2,1-3H3,(H,24,25)(H,26,27);4-10,12,16,22H,11H2,1-3H3,(H,23,24)(H,25,26);3-9,11,15,21H,10H2,1-2H3,(H,22,23)(H,24,25). The number of esters is 2. The highest BCUT2D eigenvalue weighted by atomic mass is 31.3. The first-order valence-electron chi connectivity index (χ1n) is 37.6. The quantitative estimate of drug-likeness (QED) is 0.0164. The van der Waals surface area contributed by atoms with Gasteiger partial charge >= 0.3 is 85.0 Å². The fourth-order valence-corrected chi connectivity index (χ4v) is 26.0. The lowest BCUT2D eigenvalue weighted by Crippen LogP contribution is -2.38. The number of carbonyl (C=O) groups excluding carboxylic acids is 4. The van der Waals surface area contributed by atoms with Gasteiger partial charge in [-0.25, -0.2) is 9.59 Å². The highest BCUT2D eigenvalue weighted by molar-refractivity contribution is 7.75. The minimum Gasteiger partial charge on any atom is -0.431 e. The van der Waals surface area contributed by atoms with Gasteiger partial charge in [0.05, 0.1) is 23.0 Å². The normalized spacial score (nSPS) is 31.3. The molecular weight excluding hydrogens is 1820 g/mol. The Labute approximate surface area is 719 Å². The van der Waals surface area contributed by atoms with Gasteiger partial charge in [-0.15, -0.1) is 0 Å². The molecule has 8 heterocycles. The molecular formula is C76H91N5O37P8. The first kappa shape index (κ1) is 100. The molecule has 4 aliphatic heterocycles. The van der Waals surface area contributed by atoms with Crippen molar-refractivity contribution in [1.82, 2.24) is 24.8 Å². The van der Waals surface area contributed by atoms with Crippen LogP contribution < -0.4 is 18.9 Å². The molecule has 8 atom stereocenters. The van der Waals surface area contributed by atoms with Crippen LogP contribution in [0.1, 0.15) is 142 Å². The Hall–Kier alpha value is -8.00. The predicted molar refractivity (Wildman–Crippen MR) is 440 cm³/mol. The molecule has 42 nitrogen and oxygen atoms in total. The average molecular weight is 1910 g/mol. The molecule has 0 radical (unpaired) electrons. The van der Waals surface area contributed by atoms with Crippen LogP contribution in [-0.4, -0.2) is 149 Å². The number of aryl methyl sites for hydroxylation is 1. The van der Waals surface area contributed by atoms with Gasteiger partial charge in [0.15, 0.2) is 0 Å². The van der Waals surface area contributed by atoms with Crippen LogP contribution in [0.15, 0.2) is 189 Å². The third kappa shape index (κ3) is 23.2. The number of amides is 1. The van der Waals surface area contributed by atoms with Crippen LogP contribution in [0.5, 0.6) is 23.0 Å². The van der Waals surface area contributed by atoms with E-state index < -0.39 is 162 Å². The van der Waals surface area contributed by atoms with E-state index in [-0.39, 0.29) is 85.4 Å². The van der Waals surface area contributed by atoms with E-state index in [1.165, 1.54) is 202 Å². The molecule has 1 amide bonds. The summed E-state index contributed by atoms with van der Waals surface area (Å²) >= 11 is 0. The molecule has 4 saturated heterocycles. The summed E-state index contributed by atoms with van der Waals surface area (Å²) in [4.78, 5) is 148. The molecule has 4 aromatic carbocycles. The Bertz CT molecular complexity index is 5560. The van der Waals surface area contributed by atoms with Gasteiger partial charge in [-0.1, -0.05) is 99.1 Å². The molecule has 4 aromatic heterocycles. The minimum absolute atomic E-state index is 0.0629. The molecule has 5 aliphatic rings. The zero-order valence-corrected chi connectivity index (χ0v) is 75.5. The second kappa shape index (κ2) is 39.0. The van der Waals surface area contributed by atoms with E-state index in [0.29, 0.717) is 5.56 Å². The summed E-state index contributed by atoms with van der Waals surface area (Å²) in [7, 11) is -37.9. The van der Waals surface area contributed by atoms with Crippen LogP contribution in [0.4, 0.5) is 9.59 Å². The summed E-state index contributed by atoms with van der Waals surface area (Å²) < 4.78 is 170. The van der Waals surface area contributed by atoms with Crippen molar-refractivity contribution in [1.29, 1.82) is 0 Å². The molecule has 8 unspecified atom stereocenters. The summed E-state index contributed by atoms with van der Waals surface area (Å²) in [6.45, 7) is 12.3. The number of hydrogen-bond donors (Lipinski definition) is 12. The van der Waals surface area contributed by atoms with Crippen molar-refractivity contribution in [3.8, 4) is 23.0 Å². The van der Waals surface area contributed by atoms with Gasteiger partial charge in [-0.05, 0) is 141 Å². The van der Waals surface area contributed by atoms with Gasteiger partial charge in [0.2, 0.25) is 25.2 Å². The smallest absolute Gasteiger partial charge is 0.431 e. The second-order valence-corrected chi connectivity index (χ2v) is 48.8. The van der Waals surface area contributed by atoms with Crippen LogP contribution in [0.2, 0.25) is 0 Å². The Balaban J connectivity index is 0.000000175. The minimum atomic E-state index is -5.19. The molecule has 1 aliphatic carbocycles. The highest BCUT2D eigenvalue weighted by Crippen LogP contribution is 2.83. The Kier molecular flexibility index (Phi) is 31.0. The predicted octanol–water partition coefficient (Wildman–Crippen LogP) is 13.3. The number of pyridine rings is 4.